The lowest BCUT2D eigenvalue weighted by Gasteiger charge is -2.10. The molecule has 0 aliphatic carbocycles. The molecular weight excluding hydrogens is 214 g/mol. The van der Waals surface area contributed by atoms with E-state index in [0.717, 1.165) is 6.07 Å². The summed E-state index contributed by atoms with van der Waals surface area (Å²) in [4.78, 5) is 0. The third-order valence-electron chi connectivity index (χ3n) is 1.64. The van der Waals surface area contributed by atoms with E-state index in [0.29, 0.717) is 0 Å². The summed E-state index contributed by atoms with van der Waals surface area (Å²) in [6.07, 6.45) is -4.30. The van der Waals surface area contributed by atoms with E-state index >= 15 is 0 Å². The van der Waals surface area contributed by atoms with Crippen LogP contribution < -0.4 is 10.1 Å². The van der Waals surface area contributed by atoms with Crippen molar-refractivity contribution in [2.45, 2.75) is 6.18 Å². The molecule has 1 aromatic rings. The molecule has 1 rings (SSSR count). The van der Waals surface area contributed by atoms with Gasteiger partial charge in [0.15, 0.2) is 11.6 Å². The maximum absolute atomic E-state index is 12.9. The van der Waals surface area contributed by atoms with Crippen molar-refractivity contribution in [1.82, 2.24) is 0 Å². The molecule has 0 amide bonds. The molecule has 0 fully saturated rings. The first kappa shape index (κ1) is 11.6. The summed E-state index contributed by atoms with van der Waals surface area (Å²) >= 11 is 0. The van der Waals surface area contributed by atoms with Crippen LogP contribution in [0.2, 0.25) is 0 Å². The summed E-state index contributed by atoms with van der Waals surface area (Å²) < 4.78 is 53.0. The molecule has 1 aromatic carbocycles. The van der Waals surface area contributed by atoms with Crippen LogP contribution in [0.15, 0.2) is 18.2 Å². The second-order valence-electron chi connectivity index (χ2n) is 2.82. The number of anilines is 1. The first-order valence-corrected chi connectivity index (χ1v) is 4.06. The van der Waals surface area contributed by atoms with Gasteiger partial charge in [-0.3, -0.25) is 0 Å². The van der Waals surface area contributed by atoms with Crippen molar-refractivity contribution < 1.29 is 22.3 Å². The van der Waals surface area contributed by atoms with Crippen LogP contribution in [0.1, 0.15) is 0 Å². The largest absolute Gasteiger partial charge is 0.494 e. The maximum atomic E-state index is 12.9. The van der Waals surface area contributed by atoms with Gasteiger partial charge in [0.05, 0.1) is 7.11 Å². The summed E-state index contributed by atoms with van der Waals surface area (Å²) in [6, 6.07) is 3.42. The molecule has 0 atom stereocenters. The van der Waals surface area contributed by atoms with Crippen molar-refractivity contribution in [1.29, 1.82) is 0 Å². The highest BCUT2D eigenvalue weighted by Crippen LogP contribution is 2.23. The molecular formula is C9H9F4NO. The molecule has 0 saturated carbocycles. The van der Waals surface area contributed by atoms with Gasteiger partial charge < -0.3 is 10.1 Å². The molecule has 0 bridgehead atoms. The summed E-state index contributed by atoms with van der Waals surface area (Å²) in [6.45, 7) is -1.16. The Labute approximate surface area is 83.9 Å². The van der Waals surface area contributed by atoms with E-state index in [1.807, 2.05) is 0 Å². The number of ether oxygens (including phenoxy) is 1. The van der Waals surface area contributed by atoms with Crippen molar-refractivity contribution in [2.75, 3.05) is 19.0 Å². The predicted octanol–water partition coefficient (Wildman–Crippen LogP) is 2.81. The quantitative estimate of drug-likeness (QED) is 0.795. The fourth-order valence-electron chi connectivity index (χ4n) is 0.972. The van der Waals surface area contributed by atoms with Crippen LogP contribution in [-0.2, 0) is 0 Å². The standard InChI is InChI=1S/C9H9F4NO/c1-15-8-4-6(2-3-7(8)10)14-5-9(11,12)13/h2-4,14H,5H2,1H3. The molecule has 15 heavy (non-hydrogen) atoms. The van der Waals surface area contributed by atoms with Gasteiger partial charge in [-0.15, -0.1) is 0 Å². The number of methoxy groups -OCH3 is 1. The number of hydrogen-bond donors (Lipinski definition) is 1. The molecule has 2 nitrogen and oxygen atoms in total. The molecule has 0 saturated heterocycles. The number of alkyl halides is 3. The fourth-order valence-corrected chi connectivity index (χ4v) is 0.972. The number of halogens is 4. The van der Waals surface area contributed by atoms with Crippen molar-refractivity contribution in [3.8, 4) is 5.75 Å². The van der Waals surface area contributed by atoms with E-state index in [2.05, 4.69) is 10.1 Å². The molecule has 0 unspecified atom stereocenters. The van der Waals surface area contributed by atoms with E-state index in [9.17, 15) is 17.6 Å². The monoisotopic (exact) mass is 223 g/mol. The first-order valence-electron chi connectivity index (χ1n) is 4.06. The summed E-state index contributed by atoms with van der Waals surface area (Å²) in [7, 11) is 1.24. The highest BCUT2D eigenvalue weighted by molar-refractivity contribution is 5.48. The maximum Gasteiger partial charge on any atom is 0.405 e. The number of nitrogens with one attached hydrogen (secondary N) is 1. The zero-order valence-corrected chi connectivity index (χ0v) is 7.86. The smallest absolute Gasteiger partial charge is 0.405 e. The number of benzene rings is 1. The number of rotatable bonds is 3. The lowest BCUT2D eigenvalue weighted by atomic mass is 10.3. The van der Waals surface area contributed by atoms with E-state index in [1.165, 1.54) is 19.2 Å². The zero-order valence-electron chi connectivity index (χ0n) is 7.86. The van der Waals surface area contributed by atoms with Crippen molar-refractivity contribution in [3.63, 3.8) is 0 Å². The lowest BCUT2D eigenvalue weighted by Crippen LogP contribution is -2.21. The highest BCUT2D eigenvalue weighted by atomic mass is 19.4. The molecule has 84 valence electrons. The Balaban J connectivity index is 2.70. The fraction of sp³-hybridized carbons (Fsp3) is 0.333. The van der Waals surface area contributed by atoms with Crippen molar-refractivity contribution in [2.24, 2.45) is 0 Å². The second kappa shape index (κ2) is 4.37. The van der Waals surface area contributed by atoms with Gasteiger partial charge in [-0.25, -0.2) is 4.39 Å². The molecule has 0 radical (unpaired) electrons. The first-order chi connectivity index (χ1) is 6.92. The van der Waals surface area contributed by atoms with E-state index in [-0.39, 0.29) is 11.4 Å². The Morgan fingerprint density at radius 3 is 2.53 bits per heavy atom. The molecule has 0 aliphatic heterocycles. The Hall–Kier alpha value is -1.46. The van der Waals surface area contributed by atoms with Crippen LogP contribution in [0.4, 0.5) is 23.2 Å². The minimum absolute atomic E-state index is 0.0952. The van der Waals surface area contributed by atoms with Gasteiger partial charge in [0.1, 0.15) is 6.54 Å². The molecule has 0 aromatic heterocycles. The molecule has 0 aliphatic rings. The summed E-state index contributed by atoms with van der Waals surface area (Å²) in [5.41, 5.74) is 0.158. The van der Waals surface area contributed by atoms with Crippen LogP contribution >= 0.6 is 0 Å². The lowest BCUT2D eigenvalue weighted by molar-refractivity contribution is -0.115. The van der Waals surface area contributed by atoms with Crippen molar-refractivity contribution in [3.05, 3.63) is 24.0 Å². The van der Waals surface area contributed by atoms with Gasteiger partial charge in [0.25, 0.3) is 0 Å². The Bertz CT molecular complexity index is 337. The Morgan fingerprint density at radius 2 is 2.00 bits per heavy atom. The second-order valence-corrected chi connectivity index (χ2v) is 2.82. The third-order valence-corrected chi connectivity index (χ3v) is 1.64. The Morgan fingerprint density at radius 1 is 1.33 bits per heavy atom. The van der Waals surface area contributed by atoms with Gasteiger partial charge in [0, 0.05) is 11.8 Å². The SMILES string of the molecule is COc1cc(NCC(F)(F)F)ccc1F. The summed E-state index contributed by atoms with van der Waals surface area (Å²) in [5, 5.41) is 2.11. The van der Waals surface area contributed by atoms with Gasteiger partial charge in [-0.1, -0.05) is 0 Å². The molecule has 0 spiro atoms. The van der Waals surface area contributed by atoms with Crippen LogP contribution in [0, 0.1) is 5.82 Å². The highest BCUT2D eigenvalue weighted by Gasteiger charge is 2.26. The third kappa shape index (κ3) is 3.65. The van der Waals surface area contributed by atoms with Gasteiger partial charge in [0.2, 0.25) is 0 Å². The zero-order chi connectivity index (χ0) is 11.5. The average Bonchev–Trinajstić information content (AvgIpc) is 2.15. The van der Waals surface area contributed by atoms with E-state index in [4.69, 9.17) is 0 Å². The molecule has 1 N–H and O–H groups in total. The van der Waals surface area contributed by atoms with Gasteiger partial charge >= 0.3 is 6.18 Å². The normalized spacial score (nSPS) is 11.3. The van der Waals surface area contributed by atoms with Crippen LogP contribution in [0.3, 0.4) is 0 Å². The van der Waals surface area contributed by atoms with Crippen LogP contribution in [-0.4, -0.2) is 19.8 Å². The van der Waals surface area contributed by atoms with Crippen LogP contribution in [0.25, 0.3) is 0 Å². The minimum atomic E-state index is -4.30. The molecule has 0 heterocycles. The van der Waals surface area contributed by atoms with Crippen LogP contribution in [0.5, 0.6) is 5.75 Å². The van der Waals surface area contributed by atoms with E-state index < -0.39 is 18.5 Å². The minimum Gasteiger partial charge on any atom is -0.494 e. The Kier molecular flexibility index (Phi) is 3.39. The predicted molar refractivity (Wildman–Crippen MR) is 47.5 cm³/mol. The van der Waals surface area contributed by atoms with Crippen molar-refractivity contribution >= 4 is 5.69 Å². The van der Waals surface area contributed by atoms with Gasteiger partial charge in [-0.05, 0) is 12.1 Å². The number of hydrogen-bond acceptors (Lipinski definition) is 2. The molecule has 6 heteroatoms. The van der Waals surface area contributed by atoms with Gasteiger partial charge in [-0.2, -0.15) is 13.2 Å². The average molecular weight is 223 g/mol. The topological polar surface area (TPSA) is 21.3 Å². The summed E-state index contributed by atoms with van der Waals surface area (Å²) in [5.74, 6) is -0.711. The van der Waals surface area contributed by atoms with E-state index in [1.54, 1.807) is 0 Å².